The summed E-state index contributed by atoms with van der Waals surface area (Å²) >= 11 is 0. The molecule has 0 saturated heterocycles. The average molecular weight is 172 g/mol. The van der Waals surface area contributed by atoms with Gasteiger partial charge in [0.25, 0.3) is 0 Å². The Kier molecular flexibility index (Phi) is 3.48. The molecule has 0 aromatic rings. The summed E-state index contributed by atoms with van der Waals surface area (Å²) in [6, 6.07) is 0. The molecule has 0 bridgehead atoms. The first kappa shape index (κ1) is 11.7. The van der Waals surface area contributed by atoms with Gasteiger partial charge in [-0.25, -0.2) is 0 Å². The smallest absolute Gasteiger partial charge is 0.184 e. The summed E-state index contributed by atoms with van der Waals surface area (Å²) in [5, 5.41) is 9.63. The second-order valence-corrected chi connectivity index (χ2v) is 4.61. The molecular weight excluding hydrogens is 152 g/mol. The molecular formula is C10H20O2. The van der Waals surface area contributed by atoms with Crippen LogP contribution < -0.4 is 0 Å². The lowest BCUT2D eigenvalue weighted by molar-refractivity contribution is -0.176. The van der Waals surface area contributed by atoms with Crippen molar-refractivity contribution in [1.29, 1.82) is 0 Å². The van der Waals surface area contributed by atoms with Gasteiger partial charge in [-0.2, -0.15) is 0 Å². The van der Waals surface area contributed by atoms with Crippen LogP contribution in [0.15, 0.2) is 12.2 Å². The highest BCUT2D eigenvalue weighted by Crippen LogP contribution is 2.21. The van der Waals surface area contributed by atoms with E-state index in [-0.39, 0.29) is 5.41 Å². The summed E-state index contributed by atoms with van der Waals surface area (Å²) in [5.41, 5.74) is 0.700. The van der Waals surface area contributed by atoms with E-state index in [1.807, 2.05) is 0 Å². The molecule has 0 aromatic heterocycles. The van der Waals surface area contributed by atoms with Crippen molar-refractivity contribution in [2.24, 2.45) is 5.41 Å². The van der Waals surface area contributed by atoms with Gasteiger partial charge < -0.3 is 9.84 Å². The lowest BCUT2D eigenvalue weighted by Gasteiger charge is -2.28. The Morgan fingerprint density at radius 1 is 1.33 bits per heavy atom. The lowest BCUT2D eigenvalue weighted by atomic mass is 9.98. The first-order valence-electron chi connectivity index (χ1n) is 4.17. The largest absolute Gasteiger partial charge is 0.362 e. The van der Waals surface area contributed by atoms with Gasteiger partial charge in [0, 0.05) is 0 Å². The van der Waals surface area contributed by atoms with Crippen LogP contribution in [0.1, 0.15) is 34.6 Å². The fourth-order valence-corrected chi connectivity index (χ4v) is 0.480. The Bertz CT molecular complexity index is 163. The first-order chi connectivity index (χ1) is 5.15. The van der Waals surface area contributed by atoms with Crippen LogP contribution in [0.5, 0.6) is 0 Å². The molecule has 0 spiro atoms. The third-order valence-electron chi connectivity index (χ3n) is 1.58. The topological polar surface area (TPSA) is 29.5 Å². The first-order valence-corrected chi connectivity index (χ1v) is 4.17. The summed E-state index contributed by atoms with van der Waals surface area (Å²) in [6.45, 7) is 13.7. The van der Waals surface area contributed by atoms with Crippen molar-refractivity contribution in [2.45, 2.75) is 40.4 Å². The van der Waals surface area contributed by atoms with Gasteiger partial charge in [0.15, 0.2) is 5.79 Å². The van der Waals surface area contributed by atoms with Crippen molar-refractivity contribution in [2.75, 3.05) is 6.61 Å². The molecule has 0 radical (unpaired) electrons. The van der Waals surface area contributed by atoms with Crippen LogP contribution in [0.25, 0.3) is 0 Å². The van der Waals surface area contributed by atoms with Crippen LogP contribution in [0, 0.1) is 5.41 Å². The fourth-order valence-electron chi connectivity index (χ4n) is 0.480. The monoisotopic (exact) mass is 172 g/mol. The molecule has 0 aliphatic carbocycles. The Morgan fingerprint density at radius 2 is 1.75 bits per heavy atom. The van der Waals surface area contributed by atoms with E-state index in [1.54, 1.807) is 13.8 Å². The molecule has 2 nitrogen and oxygen atoms in total. The maximum atomic E-state index is 9.63. The Labute approximate surface area is 75.2 Å². The van der Waals surface area contributed by atoms with Crippen molar-refractivity contribution in [1.82, 2.24) is 0 Å². The van der Waals surface area contributed by atoms with E-state index in [4.69, 9.17) is 4.74 Å². The summed E-state index contributed by atoms with van der Waals surface area (Å²) in [7, 11) is 0. The molecule has 1 atom stereocenters. The molecule has 1 unspecified atom stereocenters. The standard InChI is InChI=1S/C10H20O2/c1-8(2)10(6,11)12-7-9(3,4)5/h11H,1,7H2,2-6H3. The van der Waals surface area contributed by atoms with E-state index in [9.17, 15) is 5.11 Å². The zero-order valence-corrected chi connectivity index (χ0v) is 8.77. The summed E-state index contributed by atoms with van der Waals surface area (Å²) in [5.74, 6) is -1.19. The zero-order valence-electron chi connectivity index (χ0n) is 8.77. The zero-order chi connectivity index (χ0) is 9.99. The normalized spacial score (nSPS) is 17.2. The average Bonchev–Trinajstić information content (AvgIpc) is 1.82. The van der Waals surface area contributed by atoms with Crippen molar-refractivity contribution in [3.05, 3.63) is 12.2 Å². The molecule has 1 N–H and O–H groups in total. The lowest BCUT2D eigenvalue weighted by Crippen LogP contribution is -2.33. The van der Waals surface area contributed by atoms with Gasteiger partial charge in [0.1, 0.15) is 0 Å². The van der Waals surface area contributed by atoms with Crippen molar-refractivity contribution in [3.63, 3.8) is 0 Å². The second-order valence-electron chi connectivity index (χ2n) is 4.61. The Hall–Kier alpha value is -0.340. The maximum absolute atomic E-state index is 9.63. The predicted octanol–water partition coefficient (Wildman–Crippen LogP) is 2.33. The van der Waals surface area contributed by atoms with Gasteiger partial charge in [-0.15, -0.1) is 0 Å². The highest BCUT2D eigenvalue weighted by molar-refractivity contribution is 5.01. The molecule has 0 saturated carbocycles. The number of rotatable bonds is 3. The van der Waals surface area contributed by atoms with Crippen LogP contribution in [0.2, 0.25) is 0 Å². The van der Waals surface area contributed by atoms with Crippen molar-refractivity contribution < 1.29 is 9.84 Å². The van der Waals surface area contributed by atoms with Crippen LogP contribution in [-0.4, -0.2) is 17.5 Å². The van der Waals surface area contributed by atoms with Gasteiger partial charge >= 0.3 is 0 Å². The minimum atomic E-state index is -1.19. The minimum absolute atomic E-state index is 0.0689. The molecule has 0 rings (SSSR count). The molecule has 12 heavy (non-hydrogen) atoms. The number of aliphatic hydroxyl groups is 1. The molecule has 0 amide bonds. The van der Waals surface area contributed by atoms with Gasteiger partial charge in [-0.3, -0.25) is 0 Å². The molecule has 2 heteroatoms. The predicted molar refractivity (Wildman–Crippen MR) is 50.8 cm³/mol. The Morgan fingerprint density at radius 3 is 2.00 bits per heavy atom. The molecule has 0 heterocycles. The number of ether oxygens (including phenoxy) is 1. The molecule has 0 aliphatic heterocycles. The third kappa shape index (κ3) is 4.52. The second kappa shape index (κ2) is 3.58. The van der Waals surface area contributed by atoms with Crippen LogP contribution in [0.3, 0.4) is 0 Å². The minimum Gasteiger partial charge on any atom is -0.362 e. The molecule has 72 valence electrons. The summed E-state index contributed by atoms with van der Waals surface area (Å²) in [6.07, 6.45) is 0. The van der Waals surface area contributed by atoms with E-state index >= 15 is 0 Å². The van der Waals surface area contributed by atoms with Crippen LogP contribution in [-0.2, 0) is 4.74 Å². The van der Waals surface area contributed by atoms with E-state index < -0.39 is 5.79 Å². The van der Waals surface area contributed by atoms with Gasteiger partial charge in [0.2, 0.25) is 0 Å². The van der Waals surface area contributed by atoms with Gasteiger partial charge in [-0.05, 0) is 24.8 Å². The fraction of sp³-hybridized carbons (Fsp3) is 0.800. The van der Waals surface area contributed by atoms with E-state index in [0.29, 0.717) is 12.2 Å². The van der Waals surface area contributed by atoms with Crippen LogP contribution in [0.4, 0.5) is 0 Å². The Balaban J connectivity index is 4.01. The van der Waals surface area contributed by atoms with E-state index in [0.717, 1.165) is 0 Å². The van der Waals surface area contributed by atoms with Crippen molar-refractivity contribution in [3.8, 4) is 0 Å². The van der Waals surface area contributed by atoms with Crippen LogP contribution >= 0.6 is 0 Å². The van der Waals surface area contributed by atoms with Crippen molar-refractivity contribution >= 4 is 0 Å². The number of hydrogen-bond donors (Lipinski definition) is 1. The maximum Gasteiger partial charge on any atom is 0.184 e. The molecule has 0 fully saturated rings. The summed E-state index contributed by atoms with van der Waals surface area (Å²) in [4.78, 5) is 0. The molecule has 0 aromatic carbocycles. The number of hydrogen-bond acceptors (Lipinski definition) is 2. The van der Waals surface area contributed by atoms with Gasteiger partial charge in [0.05, 0.1) is 6.61 Å². The van der Waals surface area contributed by atoms with Gasteiger partial charge in [-0.1, -0.05) is 27.4 Å². The van der Waals surface area contributed by atoms with E-state index in [2.05, 4.69) is 27.4 Å². The third-order valence-corrected chi connectivity index (χ3v) is 1.58. The van der Waals surface area contributed by atoms with E-state index in [1.165, 1.54) is 0 Å². The highest BCUT2D eigenvalue weighted by atomic mass is 16.6. The SMILES string of the molecule is C=C(C)C(C)(O)OCC(C)(C)C. The quantitative estimate of drug-likeness (QED) is 0.523. The summed E-state index contributed by atoms with van der Waals surface area (Å²) < 4.78 is 5.31. The highest BCUT2D eigenvalue weighted by Gasteiger charge is 2.24. The molecule has 0 aliphatic rings.